The fraction of sp³-hybridized carbons (Fsp3) is 0.778. The van der Waals surface area contributed by atoms with E-state index < -0.39 is 5.60 Å². The van der Waals surface area contributed by atoms with Gasteiger partial charge in [0.05, 0.1) is 18.8 Å². The highest BCUT2D eigenvalue weighted by molar-refractivity contribution is 5.88. The quantitative estimate of drug-likeness (QED) is 0.477. The van der Waals surface area contributed by atoms with Crippen molar-refractivity contribution in [3.63, 3.8) is 0 Å². The lowest BCUT2D eigenvalue weighted by Crippen LogP contribution is -2.41. The highest BCUT2D eigenvalue weighted by Crippen LogP contribution is 2.43. The Morgan fingerprint density at radius 2 is 2.00 bits per heavy atom. The molecule has 1 aliphatic rings. The van der Waals surface area contributed by atoms with Gasteiger partial charge in [0.2, 0.25) is 5.91 Å². The molecule has 5 atom stereocenters. The minimum Gasteiger partial charge on any atom is -0.394 e. The Morgan fingerprint density at radius 1 is 1.35 bits per heavy atom. The first-order chi connectivity index (χ1) is 10.8. The average Bonchev–Trinajstić information content (AvgIpc) is 3.22. The van der Waals surface area contributed by atoms with E-state index in [0.29, 0.717) is 12.8 Å². The zero-order chi connectivity index (χ0) is 17.6. The maximum atomic E-state index is 12.0. The lowest BCUT2D eigenvalue weighted by molar-refractivity contribution is -0.120. The monoisotopic (exact) mass is 325 g/mol. The van der Waals surface area contributed by atoms with Gasteiger partial charge in [-0.2, -0.15) is 0 Å². The number of ether oxygens (including phenoxy) is 1. The van der Waals surface area contributed by atoms with Gasteiger partial charge in [-0.1, -0.05) is 34.1 Å². The zero-order valence-corrected chi connectivity index (χ0v) is 15.0. The number of rotatable bonds is 10. The van der Waals surface area contributed by atoms with Crippen LogP contribution in [0.2, 0.25) is 0 Å². The van der Waals surface area contributed by atoms with Crippen LogP contribution in [-0.4, -0.2) is 41.2 Å². The highest BCUT2D eigenvalue weighted by Gasteiger charge is 2.53. The maximum Gasteiger partial charge on any atom is 0.244 e. The minimum atomic E-state index is -0.476. The van der Waals surface area contributed by atoms with Crippen molar-refractivity contribution >= 4 is 11.7 Å². The van der Waals surface area contributed by atoms with Gasteiger partial charge < -0.3 is 15.2 Å². The molecule has 0 aliphatic carbocycles. The molecule has 23 heavy (non-hydrogen) atoms. The van der Waals surface area contributed by atoms with E-state index in [0.717, 1.165) is 6.42 Å². The number of hydrogen-bond donors (Lipinski definition) is 2. The number of hydrogen-bond acceptors (Lipinski definition) is 4. The maximum absolute atomic E-state index is 12.0. The van der Waals surface area contributed by atoms with Crippen molar-refractivity contribution in [2.75, 3.05) is 6.61 Å². The molecule has 5 nitrogen and oxygen atoms in total. The second-order valence-corrected chi connectivity index (χ2v) is 6.81. The van der Waals surface area contributed by atoms with Crippen molar-refractivity contribution in [1.29, 1.82) is 0 Å². The highest BCUT2D eigenvalue weighted by atomic mass is 16.6. The third-order valence-electron chi connectivity index (χ3n) is 4.77. The van der Waals surface area contributed by atoms with E-state index in [1.165, 1.54) is 6.08 Å². The summed E-state index contributed by atoms with van der Waals surface area (Å²) in [6, 6.07) is -0.234. The summed E-state index contributed by atoms with van der Waals surface area (Å²) in [4.78, 5) is 23.5. The Kier molecular flexibility index (Phi) is 7.42. The lowest BCUT2D eigenvalue weighted by atomic mass is 9.92. The summed E-state index contributed by atoms with van der Waals surface area (Å²) >= 11 is 0. The number of aliphatic hydroxyl groups excluding tert-OH is 1. The Balaban J connectivity index is 2.51. The molecule has 0 radical (unpaired) electrons. The lowest BCUT2D eigenvalue weighted by Gasteiger charge is -2.21. The van der Waals surface area contributed by atoms with Crippen LogP contribution in [0.4, 0.5) is 0 Å². The summed E-state index contributed by atoms with van der Waals surface area (Å²) in [6.07, 6.45) is 5.15. The topological polar surface area (TPSA) is 78.9 Å². The molecule has 0 aromatic heterocycles. The van der Waals surface area contributed by atoms with Crippen molar-refractivity contribution in [2.45, 2.75) is 71.6 Å². The molecule has 1 fully saturated rings. The van der Waals surface area contributed by atoms with Crippen LogP contribution >= 0.6 is 0 Å². The molecule has 0 aromatic rings. The van der Waals surface area contributed by atoms with Crippen molar-refractivity contribution in [3.8, 4) is 0 Å². The van der Waals surface area contributed by atoms with Gasteiger partial charge in [-0.3, -0.25) is 9.59 Å². The predicted molar refractivity (Wildman–Crippen MR) is 90.0 cm³/mol. The van der Waals surface area contributed by atoms with E-state index in [9.17, 15) is 14.7 Å². The number of carbonyl (C=O) groups is 2. The molecule has 0 unspecified atom stereocenters. The summed E-state index contributed by atoms with van der Waals surface area (Å²) in [6.45, 7) is 9.74. The summed E-state index contributed by atoms with van der Waals surface area (Å²) in [5.74, 6) is 0.372. The summed E-state index contributed by atoms with van der Waals surface area (Å²) < 4.78 is 5.69. The number of aliphatic hydroxyl groups is 1. The van der Waals surface area contributed by atoms with E-state index >= 15 is 0 Å². The second kappa shape index (κ2) is 8.60. The standard InChI is InChI=1S/C18H31NO4/c1-6-12(3)15(11-20)19-16(22)8-9-18(5)17(23-18)13(4)10-14(21)7-2/h8-9,12-13,15,17,20H,6-7,10-11H2,1-5H3,(H,19,22)/b9-8+/t12-,13-,15+,17-,18-/m0/s1. The summed E-state index contributed by atoms with van der Waals surface area (Å²) in [5.41, 5.74) is -0.476. The van der Waals surface area contributed by atoms with Crippen LogP contribution in [0.1, 0.15) is 53.9 Å². The molecule has 0 spiro atoms. The molecule has 5 heteroatoms. The first-order valence-corrected chi connectivity index (χ1v) is 8.57. The van der Waals surface area contributed by atoms with Gasteiger partial charge in [0.15, 0.2) is 0 Å². The van der Waals surface area contributed by atoms with Gasteiger partial charge in [0.25, 0.3) is 0 Å². The summed E-state index contributed by atoms with van der Waals surface area (Å²) in [5, 5.41) is 12.2. The molecule has 2 N–H and O–H groups in total. The number of ketones is 1. The average molecular weight is 325 g/mol. The van der Waals surface area contributed by atoms with Crippen molar-refractivity contribution in [3.05, 3.63) is 12.2 Å². The normalized spacial score (nSPS) is 27.5. The van der Waals surface area contributed by atoms with Gasteiger partial charge in [-0.25, -0.2) is 0 Å². The van der Waals surface area contributed by atoms with E-state index in [-0.39, 0.29) is 42.3 Å². The number of nitrogens with one attached hydrogen (secondary N) is 1. The number of carbonyl (C=O) groups excluding carboxylic acids is 2. The Morgan fingerprint density at radius 3 is 2.52 bits per heavy atom. The number of Topliss-reactive ketones (excluding diaryl/α,β-unsaturated/α-hetero) is 1. The van der Waals surface area contributed by atoms with Crippen LogP contribution in [-0.2, 0) is 14.3 Å². The van der Waals surface area contributed by atoms with Crippen molar-refractivity contribution in [1.82, 2.24) is 5.32 Å². The molecule has 132 valence electrons. The smallest absolute Gasteiger partial charge is 0.244 e. The van der Waals surface area contributed by atoms with Crippen LogP contribution in [0, 0.1) is 11.8 Å². The molecule has 0 bridgehead atoms. The van der Waals surface area contributed by atoms with Crippen LogP contribution in [0.15, 0.2) is 12.2 Å². The number of amides is 1. The van der Waals surface area contributed by atoms with E-state index in [1.807, 2.05) is 34.6 Å². The van der Waals surface area contributed by atoms with E-state index in [4.69, 9.17) is 4.74 Å². The molecule has 0 saturated carbocycles. The molecule has 1 saturated heterocycles. The van der Waals surface area contributed by atoms with Gasteiger partial charge in [0.1, 0.15) is 11.4 Å². The first kappa shape index (κ1) is 19.8. The van der Waals surface area contributed by atoms with E-state index in [2.05, 4.69) is 5.32 Å². The van der Waals surface area contributed by atoms with Gasteiger partial charge >= 0.3 is 0 Å². The number of epoxide rings is 1. The van der Waals surface area contributed by atoms with Crippen LogP contribution in [0.5, 0.6) is 0 Å². The Bertz CT molecular complexity index is 448. The Labute approximate surface area is 139 Å². The van der Waals surface area contributed by atoms with E-state index in [1.54, 1.807) is 6.08 Å². The molecular formula is C18H31NO4. The van der Waals surface area contributed by atoms with Crippen LogP contribution < -0.4 is 5.32 Å². The van der Waals surface area contributed by atoms with Crippen molar-refractivity contribution < 1.29 is 19.4 Å². The van der Waals surface area contributed by atoms with Crippen molar-refractivity contribution in [2.24, 2.45) is 11.8 Å². The predicted octanol–water partition coefficient (Wildman–Crippen LogP) is 2.23. The molecular weight excluding hydrogens is 294 g/mol. The second-order valence-electron chi connectivity index (χ2n) is 6.81. The third-order valence-corrected chi connectivity index (χ3v) is 4.77. The van der Waals surface area contributed by atoms with Gasteiger partial charge in [-0.05, 0) is 24.8 Å². The first-order valence-electron chi connectivity index (χ1n) is 8.57. The zero-order valence-electron chi connectivity index (χ0n) is 15.0. The fourth-order valence-corrected chi connectivity index (χ4v) is 2.79. The molecule has 1 amide bonds. The molecule has 1 rings (SSSR count). The largest absolute Gasteiger partial charge is 0.394 e. The third kappa shape index (κ3) is 5.74. The van der Waals surface area contributed by atoms with Crippen LogP contribution in [0.3, 0.4) is 0 Å². The van der Waals surface area contributed by atoms with Crippen LogP contribution in [0.25, 0.3) is 0 Å². The molecule has 0 aromatic carbocycles. The fourth-order valence-electron chi connectivity index (χ4n) is 2.79. The van der Waals surface area contributed by atoms with Gasteiger partial charge in [-0.15, -0.1) is 0 Å². The van der Waals surface area contributed by atoms with Gasteiger partial charge in [0, 0.05) is 18.9 Å². The summed E-state index contributed by atoms with van der Waals surface area (Å²) in [7, 11) is 0. The molecule has 1 aliphatic heterocycles. The Hall–Kier alpha value is -1.20. The molecule has 1 heterocycles. The minimum absolute atomic E-state index is 0.0229. The SMILES string of the molecule is CCC(=O)C[C@H](C)[C@@H]1O[C@@]1(C)/C=C/C(=O)N[C@H](CO)[C@@H](C)CC.